The van der Waals surface area contributed by atoms with E-state index in [-0.39, 0.29) is 11.9 Å². The summed E-state index contributed by atoms with van der Waals surface area (Å²) in [7, 11) is 0. The lowest BCUT2D eigenvalue weighted by atomic mass is 10.1. The first-order chi connectivity index (χ1) is 9.24. The fraction of sp³-hybridized carbons (Fsp3) is 0. The molecular formula is C12H10N6O. The van der Waals surface area contributed by atoms with Crippen molar-refractivity contribution in [2.75, 3.05) is 11.1 Å². The van der Waals surface area contributed by atoms with Crippen molar-refractivity contribution in [3.8, 4) is 0 Å². The van der Waals surface area contributed by atoms with Crippen molar-refractivity contribution in [2.45, 2.75) is 0 Å². The number of anilines is 2. The predicted molar refractivity (Wildman–Crippen MR) is 70.5 cm³/mol. The van der Waals surface area contributed by atoms with Crippen molar-refractivity contribution in [3.05, 3.63) is 42.4 Å². The van der Waals surface area contributed by atoms with Crippen LogP contribution in [0.5, 0.6) is 0 Å². The van der Waals surface area contributed by atoms with Crippen LogP contribution >= 0.6 is 0 Å². The Balaban J connectivity index is 1.96. The van der Waals surface area contributed by atoms with E-state index in [9.17, 15) is 4.79 Å². The van der Waals surface area contributed by atoms with E-state index < -0.39 is 0 Å². The highest BCUT2D eigenvalue weighted by molar-refractivity contribution is 6.12. The third-order valence-corrected chi connectivity index (χ3v) is 2.66. The van der Waals surface area contributed by atoms with Gasteiger partial charge in [-0.1, -0.05) is 0 Å². The second-order valence-corrected chi connectivity index (χ2v) is 3.93. The molecule has 94 valence electrons. The summed E-state index contributed by atoms with van der Waals surface area (Å²) in [5.74, 6) is -0.157. The van der Waals surface area contributed by atoms with Gasteiger partial charge in [-0.25, -0.2) is 4.98 Å². The highest BCUT2D eigenvalue weighted by Gasteiger charge is 2.13. The highest BCUT2D eigenvalue weighted by Crippen LogP contribution is 2.21. The first-order valence-corrected chi connectivity index (χ1v) is 5.56. The molecule has 0 unspecified atom stereocenters. The zero-order valence-corrected chi connectivity index (χ0v) is 9.79. The number of H-pyrrole nitrogens is 1. The first-order valence-electron chi connectivity index (χ1n) is 5.56. The van der Waals surface area contributed by atoms with E-state index in [2.05, 4.69) is 25.5 Å². The molecular weight excluding hydrogens is 244 g/mol. The minimum atomic E-state index is -0.315. The molecule has 0 aliphatic rings. The number of nitrogen functional groups attached to an aromatic ring is 1. The second-order valence-electron chi connectivity index (χ2n) is 3.93. The Hall–Kier alpha value is -2.96. The van der Waals surface area contributed by atoms with Gasteiger partial charge in [-0.2, -0.15) is 5.10 Å². The number of aromatic amines is 1. The summed E-state index contributed by atoms with van der Waals surface area (Å²) >= 11 is 0. The number of nitrogens with two attached hydrogens (primary N) is 1. The van der Waals surface area contributed by atoms with Gasteiger partial charge in [0.05, 0.1) is 18.0 Å². The molecule has 7 heteroatoms. The molecule has 3 rings (SSSR count). The molecule has 0 radical (unpaired) electrons. The monoisotopic (exact) mass is 254 g/mol. The lowest BCUT2D eigenvalue weighted by molar-refractivity contribution is 0.102. The molecule has 7 nitrogen and oxygen atoms in total. The van der Waals surface area contributed by atoms with Crippen LogP contribution in [0.15, 0.2) is 36.8 Å². The summed E-state index contributed by atoms with van der Waals surface area (Å²) in [4.78, 5) is 19.0. The van der Waals surface area contributed by atoms with Gasteiger partial charge in [-0.15, -0.1) is 5.10 Å². The number of amides is 1. The SMILES string of the molecule is Nc1ccc2[nH]cc(C(=O)Nc3nccnn3)c2c1. The number of hydrogen-bond acceptors (Lipinski definition) is 5. The zero-order chi connectivity index (χ0) is 13.2. The lowest BCUT2D eigenvalue weighted by Gasteiger charge is -2.01. The van der Waals surface area contributed by atoms with Crippen LogP contribution in [0.25, 0.3) is 10.9 Å². The summed E-state index contributed by atoms with van der Waals surface area (Å²) in [6, 6.07) is 5.33. The van der Waals surface area contributed by atoms with Crippen LogP contribution in [-0.2, 0) is 0 Å². The molecule has 0 bridgehead atoms. The molecule has 0 saturated heterocycles. The summed E-state index contributed by atoms with van der Waals surface area (Å²) in [5.41, 5.74) is 7.64. The van der Waals surface area contributed by atoms with Gasteiger partial charge in [0.25, 0.3) is 5.91 Å². The van der Waals surface area contributed by atoms with E-state index in [4.69, 9.17) is 5.73 Å². The van der Waals surface area contributed by atoms with Gasteiger partial charge in [0.15, 0.2) is 0 Å². The van der Waals surface area contributed by atoms with E-state index in [1.165, 1.54) is 12.4 Å². The Morgan fingerprint density at radius 2 is 2.21 bits per heavy atom. The van der Waals surface area contributed by atoms with Crippen LogP contribution in [-0.4, -0.2) is 26.1 Å². The molecule has 19 heavy (non-hydrogen) atoms. The molecule has 0 spiro atoms. The quantitative estimate of drug-likeness (QED) is 0.595. The van der Waals surface area contributed by atoms with Gasteiger partial charge in [0, 0.05) is 22.8 Å². The molecule has 3 aromatic rings. The number of rotatable bonds is 2. The number of fused-ring (bicyclic) bond motifs is 1. The standard InChI is InChI=1S/C12H10N6O/c13-7-1-2-10-8(5-7)9(6-15-10)11(19)17-12-14-3-4-16-18-12/h1-6,15H,13H2,(H,14,17,18,19). The van der Waals surface area contributed by atoms with Gasteiger partial charge in [-0.05, 0) is 18.2 Å². The van der Waals surface area contributed by atoms with Crippen LogP contribution in [0.4, 0.5) is 11.6 Å². The lowest BCUT2D eigenvalue weighted by Crippen LogP contribution is -2.14. The second kappa shape index (κ2) is 4.37. The van der Waals surface area contributed by atoms with Crippen molar-refractivity contribution in [2.24, 2.45) is 0 Å². The molecule has 0 fully saturated rings. The summed E-state index contributed by atoms with van der Waals surface area (Å²) in [6.45, 7) is 0. The van der Waals surface area contributed by atoms with Crippen LogP contribution in [0.1, 0.15) is 10.4 Å². The minimum Gasteiger partial charge on any atom is -0.399 e. The van der Waals surface area contributed by atoms with Crippen LogP contribution in [0.2, 0.25) is 0 Å². The summed E-state index contributed by atoms with van der Waals surface area (Å²) < 4.78 is 0. The Bertz CT molecular complexity index is 736. The Labute approximate surface area is 107 Å². The molecule has 2 heterocycles. The van der Waals surface area contributed by atoms with Gasteiger partial charge in [0.1, 0.15) is 0 Å². The predicted octanol–water partition coefficient (Wildman–Crippen LogP) is 1.19. The molecule has 0 aliphatic carbocycles. The number of carbonyl (C=O) groups excluding carboxylic acids is 1. The van der Waals surface area contributed by atoms with E-state index in [0.29, 0.717) is 11.3 Å². The smallest absolute Gasteiger partial charge is 0.260 e. The maximum atomic E-state index is 12.1. The largest absolute Gasteiger partial charge is 0.399 e. The third kappa shape index (κ3) is 2.08. The zero-order valence-electron chi connectivity index (χ0n) is 9.79. The van der Waals surface area contributed by atoms with Gasteiger partial charge < -0.3 is 10.7 Å². The Morgan fingerprint density at radius 3 is 3.00 bits per heavy atom. The Kier molecular flexibility index (Phi) is 2.57. The van der Waals surface area contributed by atoms with Gasteiger partial charge >= 0.3 is 0 Å². The maximum absolute atomic E-state index is 12.1. The average Bonchev–Trinajstić information content (AvgIpc) is 2.82. The number of nitrogens with one attached hydrogen (secondary N) is 2. The van der Waals surface area contributed by atoms with E-state index >= 15 is 0 Å². The topological polar surface area (TPSA) is 110 Å². The summed E-state index contributed by atoms with van der Waals surface area (Å²) in [5, 5.41) is 10.7. The highest BCUT2D eigenvalue weighted by atomic mass is 16.1. The van der Waals surface area contributed by atoms with Crippen molar-refractivity contribution >= 4 is 28.4 Å². The van der Waals surface area contributed by atoms with Gasteiger partial charge in [-0.3, -0.25) is 10.1 Å². The van der Waals surface area contributed by atoms with Crippen molar-refractivity contribution < 1.29 is 4.79 Å². The van der Waals surface area contributed by atoms with Gasteiger partial charge in [0.2, 0.25) is 5.95 Å². The van der Waals surface area contributed by atoms with Crippen molar-refractivity contribution in [1.82, 2.24) is 20.2 Å². The molecule has 1 aromatic carbocycles. The average molecular weight is 254 g/mol. The normalized spacial score (nSPS) is 10.5. The number of aromatic nitrogens is 4. The molecule has 4 N–H and O–H groups in total. The first kappa shape index (κ1) is 11.1. The molecule has 0 atom stereocenters. The fourth-order valence-electron chi connectivity index (χ4n) is 1.80. The van der Waals surface area contributed by atoms with Crippen molar-refractivity contribution in [3.63, 3.8) is 0 Å². The number of nitrogens with zero attached hydrogens (tertiary/aromatic N) is 3. The van der Waals surface area contributed by atoms with E-state index in [1.54, 1.807) is 18.3 Å². The van der Waals surface area contributed by atoms with E-state index in [1.807, 2.05) is 6.07 Å². The van der Waals surface area contributed by atoms with E-state index in [0.717, 1.165) is 10.9 Å². The van der Waals surface area contributed by atoms with Crippen LogP contribution in [0.3, 0.4) is 0 Å². The number of hydrogen-bond donors (Lipinski definition) is 3. The van der Waals surface area contributed by atoms with Crippen LogP contribution < -0.4 is 11.1 Å². The minimum absolute atomic E-state index is 0.158. The van der Waals surface area contributed by atoms with Crippen LogP contribution in [0, 0.1) is 0 Å². The number of benzene rings is 1. The third-order valence-electron chi connectivity index (χ3n) is 2.66. The Morgan fingerprint density at radius 1 is 1.32 bits per heavy atom. The van der Waals surface area contributed by atoms with Crippen molar-refractivity contribution in [1.29, 1.82) is 0 Å². The fourth-order valence-corrected chi connectivity index (χ4v) is 1.80. The molecule has 2 aromatic heterocycles. The molecule has 1 amide bonds. The maximum Gasteiger partial charge on any atom is 0.260 e. The summed E-state index contributed by atoms with van der Waals surface area (Å²) in [6.07, 6.45) is 4.51. The molecule has 0 saturated carbocycles. The molecule has 0 aliphatic heterocycles. The number of carbonyl (C=O) groups is 1.